The van der Waals surface area contributed by atoms with Crippen LogP contribution in [-0.2, 0) is 0 Å². The van der Waals surface area contributed by atoms with Crippen LogP contribution < -0.4 is 0 Å². The van der Waals surface area contributed by atoms with E-state index in [1.807, 2.05) is 0 Å². The van der Waals surface area contributed by atoms with Crippen LogP contribution in [0, 0.1) is 23.7 Å². The molecule has 0 saturated heterocycles. The number of hydrogen-bond acceptors (Lipinski definition) is 0. The van der Waals surface area contributed by atoms with Crippen molar-refractivity contribution < 1.29 is 0 Å². The van der Waals surface area contributed by atoms with Crippen LogP contribution in [0.5, 0.6) is 0 Å². The second kappa shape index (κ2) is 9.74. The Labute approximate surface area is 110 Å². The first-order chi connectivity index (χ1) is 8.01. The Bertz CT molecular complexity index is 192. The first-order valence-corrected chi connectivity index (χ1v) is 7.69. The molecule has 0 radical (unpaired) electrons. The molecular weight excluding hydrogens is 204 g/mol. The fourth-order valence-corrected chi connectivity index (χ4v) is 2.22. The normalized spacial score (nSPS) is 19.2. The third-order valence-corrected chi connectivity index (χ3v) is 4.14. The number of unbranched alkanes of at least 4 members (excludes halogenated alkanes) is 1. The van der Waals surface area contributed by atoms with Gasteiger partial charge in [-0.05, 0) is 30.1 Å². The summed E-state index contributed by atoms with van der Waals surface area (Å²) in [4.78, 5) is 0. The summed E-state index contributed by atoms with van der Waals surface area (Å²) in [7, 11) is 0. The molecule has 4 unspecified atom stereocenters. The van der Waals surface area contributed by atoms with Gasteiger partial charge in [0.15, 0.2) is 0 Å². The molecule has 0 rings (SSSR count). The standard InChI is InChI=1S/C17H34/c1-7-9-10-16(5)17(6)13-15(4)12-11-14(3)8-2/h11-12,14-17H,7-10,13H2,1-6H3. The van der Waals surface area contributed by atoms with E-state index in [4.69, 9.17) is 0 Å². The zero-order valence-electron chi connectivity index (χ0n) is 13.0. The van der Waals surface area contributed by atoms with Gasteiger partial charge in [-0.1, -0.05) is 79.4 Å². The molecule has 0 aromatic heterocycles. The van der Waals surface area contributed by atoms with Gasteiger partial charge in [0.2, 0.25) is 0 Å². The van der Waals surface area contributed by atoms with Crippen LogP contribution in [0.2, 0.25) is 0 Å². The Morgan fingerprint density at radius 3 is 1.94 bits per heavy atom. The van der Waals surface area contributed by atoms with Gasteiger partial charge < -0.3 is 0 Å². The van der Waals surface area contributed by atoms with Crippen molar-refractivity contribution in [2.24, 2.45) is 23.7 Å². The van der Waals surface area contributed by atoms with Crippen molar-refractivity contribution in [3.63, 3.8) is 0 Å². The van der Waals surface area contributed by atoms with E-state index < -0.39 is 0 Å². The van der Waals surface area contributed by atoms with Crippen LogP contribution in [0.25, 0.3) is 0 Å². The minimum atomic E-state index is 0.739. The van der Waals surface area contributed by atoms with Gasteiger partial charge in [-0.3, -0.25) is 0 Å². The lowest BCUT2D eigenvalue weighted by atomic mass is 9.84. The molecular formula is C17H34. The summed E-state index contributed by atoms with van der Waals surface area (Å²) < 4.78 is 0. The zero-order valence-corrected chi connectivity index (χ0v) is 13.0. The summed E-state index contributed by atoms with van der Waals surface area (Å²) >= 11 is 0. The van der Waals surface area contributed by atoms with Gasteiger partial charge >= 0.3 is 0 Å². The average molecular weight is 238 g/mol. The fraction of sp³-hybridized carbons (Fsp3) is 0.882. The second-order valence-corrected chi connectivity index (χ2v) is 6.08. The summed E-state index contributed by atoms with van der Waals surface area (Å²) in [6, 6.07) is 0. The first kappa shape index (κ1) is 16.7. The lowest BCUT2D eigenvalue weighted by molar-refractivity contribution is 0.312. The molecule has 4 atom stereocenters. The molecule has 102 valence electrons. The topological polar surface area (TPSA) is 0 Å². The maximum absolute atomic E-state index is 2.43. The van der Waals surface area contributed by atoms with Crippen LogP contribution in [0.1, 0.15) is 73.6 Å². The minimum Gasteiger partial charge on any atom is -0.0854 e. The first-order valence-electron chi connectivity index (χ1n) is 7.69. The van der Waals surface area contributed by atoms with Crippen LogP contribution in [-0.4, -0.2) is 0 Å². The highest BCUT2D eigenvalue weighted by molar-refractivity contribution is 4.90. The largest absolute Gasteiger partial charge is 0.0854 e. The summed E-state index contributed by atoms with van der Waals surface area (Å²) in [5.41, 5.74) is 0. The molecule has 0 spiro atoms. The van der Waals surface area contributed by atoms with Crippen molar-refractivity contribution >= 4 is 0 Å². The fourth-order valence-electron chi connectivity index (χ4n) is 2.22. The molecule has 0 aliphatic rings. The van der Waals surface area contributed by atoms with Crippen molar-refractivity contribution in [1.82, 2.24) is 0 Å². The monoisotopic (exact) mass is 238 g/mol. The van der Waals surface area contributed by atoms with E-state index in [1.54, 1.807) is 0 Å². The van der Waals surface area contributed by atoms with Crippen molar-refractivity contribution in [2.75, 3.05) is 0 Å². The highest BCUT2D eigenvalue weighted by Gasteiger charge is 2.13. The Morgan fingerprint density at radius 1 is 0.824 bits per heavy atom. The summed E-state index contributed by atoms with van der Waals surface area (Å²) in [5.74, 6) is 3.22. The van der Waals surface area contributed by atoms with Gasteiger partial charge in [-0.2, -0.15) is 0 Å². The molecule has 0 amide bonds. The molecule has 0 saturated carbocycles. The quantitative estimate of drug-likeness (QED) is 0.427. The number of allylic oxidation sites excluding steroid dienone is 2. The van der Waals surface area contributed by atoms with Crippen molar-refractivity contribution in [3.05, 3.63) is 12.2 Å². The molecule has 0 nitrogen and oxygen atoms in total. The van der Waals surface area contributed by atoms with Crippen molar-refractivity contribution in [2.45, 2.75) is 73.6 Å². The SMILES string of the molecule is CCCCC(C)C(C)CC(C)C=CC(C)CC. The summed E-state index contributed by atoms with van der Waals surface area (Å²) in [6.45, 7) is 14.1. The lowest BCUT2D eigenvalue weighted by Gasteiger charge is -2.22. The van der Waals surface area contributed by atoms with Crippen LogP contribution >= 0.6 is 0 Å². The predicted octanol–water partition coefficient (Wildman–Crippen LogP) is 6.08. The molecule has 0 aromatic carbocycles. The third kappa shape index (κ3) is 8.46. The Kier molecular flexibility index (Phi) is 9.59. The van der Waals surface area contributed by atoms with E-state index in [0.29, 0.717) is 0 Å². The highest BCUT2D eigenvalue weighted by atomic mass is 14.2. The molecule has 0 bridgehead atoms. The molecule has 0 heteroatoms. The summed E-state index contributed by atoms with van der Waals surface area (Å²) in [6.07, 6.45) is 11.6. The van der Waals surface area contributed by atoms with Crippen molar-refractivity contribution in [1.29, 1.82) is 0 Å². The van der Waals surface area contributed by atoms with E-state index in [9.17, 15) is 0 Å². The average Bonchev–Trinajstić information content (AvgIpc) is 2.32. The minimum absolute atomic E-state index is 0.739. The van der Waals surface area contributed by atoms with E-state index in [2.05, 4.69) is 53.7 Å². The molecule has 0 heterocycles. The van der Waals surface area contributed by atoms with Gasteiger partial charge in [-0.15, -0.1) is 0 Å². The van der Waals surface area contributed by atoms with Crippen LogP contribution in [0.3, 0.4) is 0 Å². The van der Waals surface area contributed by atoms with Gasteiger partial charge in [0.25, 0.3) is 0 Å². The Balaban J connectivity index is 3.93. The van der Waals surface area contributed by atoms with Gasteiger partial charge in [0.05, 0.1) is 0 Å². The molecule has 0 fully saturated rings. The lowest BCUT2D eigenvalue weighted by Crippen LogP contribution is -2.11. The molecule has 0 aliphatic heterocycles. The van der Waals surface area contributed by atoms with E-state index in [-0.39, 0.29) is 0 Å². The van der Waals surface area contributed by atoms with Crippen molar-refractivity contribution in [3.8, 4) is 0 Å². The summed E-state index contributed by atoms with van der Waals surface area (Å²) in [5, 5.41) is 0. The predicted molar refractivity (Wildman–Crippen MR) is 80.2 cm³/mol. The molecule has 0 N–H and O–H groups in total. The van der Waals surface area contributed by atoms with E-state index in [1.165, 1.54) is 32.1 Å². The van der Waals surface area contributed by atoms with Crippen LogP contribution in [0.15, 0.2) is 12.2 Å². The maximum atomic E-state index is 2.43. The second-order valence-electron chi connectivity index (χ2n) is 6.08. The highest BCUT2D eigenvalue weighted by Crippen LogP contribution is 2.25. The Morgan fingerprint density at radius 2 is 1.41 bits per heavy atom. The third-order valence-electron chi connectivity index (χ3n) is 4.14. The van der Waals surface area contributed by atoms with E-state index in [0.717, 1.165) is 23.7 Å². The Hall–Kier alpha value is -0.260. The zero-order chi connectivity index (χ0) is 13.3. The molecule has 0 aliphatic carbocycles. The van der Waals surface area contributed by atoms with Gasteiger partial charge in [-0.25, -0.2) is 0 Å². The number of rotatable bonds is 9. The van der Waals surface area contributed by atoms with Gasteiger partial charge in [0.1, 0.15) is 0 Å². The van der Waals surface area contributed by atoms with Crippen LogP contribution in [0.4, 0.5) is 0 Å². The van der Waals surface area contributed by atoms with Gasteiger partial charge in [0, 0.05) is 0 Å². The molecule has 0 aromatic rings. The van der Waals surface area contributed by atoms with E-state index >= 15 is 0 Å². The maximum Gasteiger partial charge on any atom is -0.0259 e. The molecule has 17 heavy (non-hydrogen) atoms. The number of hydrogen-bond donors (Lipinski definition) is 0. The smallest absolute Gasteiger partial charge is 0.0259 e.